The number of hydrogen-bond acceptors (Lipinski definition) is 8. The lowest BCUT2D eigenvalue weighted by atomic mass is 9.70. The van der Waals surface area contributed by atoms with Crippen molar-refractivity contribution in [2.24, 2.45) is 5.92 Å². The molecule has 8 aromatic rings. The summed E-state index contributed by atoms with van der Waals surface area (Å²) in [5.41, 5.74) is 26.2. The van der Waals surface area contributed by atoms with Crippen molar-refractivity contribution < 1.29 is 28.4 Å². The number of unbranched alkanes of at least 4 members (excludes halogenated alkanes) is 40. The number of methoxy groups -OCH3 is 1. The third kappa shape index (κ3) is 53.5. The Morgan fingerprint density at radius 3 is 1.17 bits per heavy atom. The minimum absolute atomic E-state index is 0.225. The number of nitrogens with zero attached hydrogens (tertiary/aromatic N) is 3. The van der Waals surface area contributed by atoms with Crippen molar-refractivity contribution >= 4 is 29.5 Å². The van der Waals surface area contributed by atoms with Gasteiger partial charge < -0.3 is 28.4 Å². The summed E-state index contributed by atoms with van der Waals surface area (Å²) in [5.74, 6) is 5.23. The second-order valence-corrected chi connectivity index (χ2v) is 42.9. The third-order valence-electron chi connectivity index (χ3n) is 29.5. The van der Waals surface area contributed by atoms with Gasteiger partial charge >= 0.3 is 0 Å². The highest BCUT2D eigenvalue weighted by Crippen LogP contribution is 2.55. The zero-order valence-corrected chi connectivity index (χ0v) is 99.5. The van der Waals surface area contributed by atoms with Crippen molar-refractivity contribution in [2.75, 3.05) is 40.1 Å². The maximum atomic E-state index is 10.0. The lowest BCUT2D eigenvalue weighted by Crippen LogP contribution is -2.25. The van der Waals surface area contributed by atoms with Crippen LogP contribution in [-0.2, 0) is 11.8 Å². The summed E-state index contributed by atoms with van der Waals surface area (Å²) in [6, 6.07) is 48.4. The predicted octanol–water partition coefficient (Wildman–Crippen LogP) is 43.8. The van der Waals surface area contributed by atoms with Crippen LogP contribution in [0.15, 0.2) is 146 Å². The largest absolute Gasteiger partial charge is 0.496 e. The fourth-order valence-corrected chi connectivity index (χ4v) is 19.9. The van der Waals surface area contributed by atoms with Crippen LogP contribution in [0.5, 0.6) is 34.5 Å². The van der Waals surface area contributed by atoms with Gasteiger partial charge in [0.25, 0.3) is 0 Å². The molecule has 1 unspecified atom stereocenters. The fraction of sp³-hybridized carbons (Fsp3) is 0.593. The highest BCUT2D eigenvalue weighted by atomic mass is 16.5. The molecule has 0 amide bonds. The minimum Gasteiger partial charge on any atom is -0.496 e. The first-order valence-electron chi connectivity index (χ1n) is 60.3. The molecule has 1 heterocycles. The average molecular weight is 2030 g/mol. The number of rotatable bonds is 70. The minimum atomic E-state index is 0.225. The van der Waals surface area contributed by atoms with E-state index in [4.69, 9.17) is 35.0 Å². The number of hydrogen-bond donors (Lipinski definition) is 0. The molecular weight excluding hydrogens is 1820 g/mol. The van der Waals surface area contributed by atoms with E-state index in [0.29, 0.717) is 66.2 Å². The normalized spacial score (nSPS) is 12.0. The van der Waals surface area contributed by atoms with Crippen LogP contribution in [0, 0.1) is 93.1 Å². The van der Waals surface area contributed by atoms with E-state index in [9.17, 15) is 5.26 Å². The Labute approximate surface area is 915 Å². The summed E-state index contributed by atoms with van der Waals surface area (Å²) in [5, 5.41) is 10.0. The van der Waals surface area contributed by atoms with Gasteiger partial charge in [-0.2, -0.15) is 5.26 Å². The Morgan fingerprint density at radius 1 is 0.362 bits per heavy atom. The fourth-order valence-electron chi connectivity index (χ4n) is 19.9. The third-order valence-corrected chi connectivity index (χ3v) is 29.5. The molecular formula is C140H213N3O6. The number of aryl methyl sites for hydroxylation is 11. The number of fused-ring (bicyclic) bond motifs is 3. The summed E-state index contributed by atoms with van der Waals surface area (Å²) in [7, 11) is 1.71. The quantitative estimate of drug-likeness (QED) is 0.0161. The summed E-state index contributed by atoms with van der Waals surface area (Å²) in [4.78, 5) is 8.33. The second kappa shape index (κ2) is 83.0. The smallest absolute Gasteiger partial charge is 0.198 e. The van der Waals surface area contributed by atoms with Gasteiger partial charge in [0.1, 0.15) is 34.5 Å². The topological polar surface area (TPSA) is 96.4 Å². The summed E-state index contributed by atoms with van der Waals surface area (Å²) >= 11 is 0. The van der Waals surface area contributed by atoms with Crippen molar-refractivity contribution in [3.63, 3.8) is 0 Å². The molecule has 0 N–H and O–H groups in total. The Morgan fingerprint density at radius 2 is 0.745 bits per heavy atom. The molecule has 0 saturated heterocycles. The Kier molecular flexibility index (Phi) is 73.4. The van der Waals surface area contributed by atoms with Crippen molar-refractivity contribution in [3.8, 4) is 51.7 Å². The van der Waals surface area contributed by atoms with Gasteiger partial charge in [-0.25, -0.2) is 4.85 Å². The van der Waals surface area contributed by atoms with Crippen LogP contribution in [0.1, 0.15) is 517 Å². The molecule has 149 heavy (non-hydrogen) atoms. The molecule has 7 aromatic carbocycles. The molecule has 9 rings (SSSR count). The zero-order valence-electron chi connectivity index (χ0n) is 99.5. The van der Waals surface area contributed by atoms with Gasteiger partial charge in [0.2, 0.25) is 0 Å². The highest BCUT2D eigenvalue weighted by Gasteiger charge is 2.42. The molecule has 1 aliphatic carbocycles. The molecule has 824 valence electrons. The number of pyridine rings is 1. The summed E-state index contributed by atoms with van der Waals surface area (Å²) < 4.78 is 37.0. The lowest BCUT2D eigenvalue weighted by Gasteiger charge is -2.33. The van der Waals surface area contributed by atoms with E-state index >= 15 is 0 Å². The molecule has 1 aliphatic rings. The standard InChI is InChI=1S/C44H64N2O4.C39H62.C20H34.C19H30O2.C10H12.C8H11N/c1-8-13-17-21-25-47-41-31-37(42(29-35(41)6)48-26-22-18-14-9-2)30-40(46-7)39-33-43(49-27-23-19-15-10-3)38(36(12-5)34-45)32-44(39)50-28-24-20-16-11-4;1-5-7-9-11-13-15-17-19-21-23-29-39(30-24-22-20-18-16-14-12-10-8-6-2)37-31-33(3)25-27-35(37)36-28-26-34(4)32-38(36)39;1-4-5-6-7-8-9-10-11-12-13-14-20-17-18(2)15-16-19(20)3;1-6-9-11-16(8-3)14-21-19-12-15(4)18(20-5)13-17(19)10-7-2;1-3-4-10-7-5-9(2)6-8-10;1-6-4-5-7(2)9-8(6)3/h12,29-33H,8-11,13-28H2,1-6H3;25-28,31-32H,5-24,29-30H2,1-4H3;15-17H,4-14H2,1-3H3;7,10,12-13,16H,6,8-9,11,14H2,1-5H3;3-8H,1-2H3;4-5H,1-3H3/b36-12+,40-30-;;;10-7+;4-3+;. The van der Waals surface area contributed by atoms with Gasteiger partial charge in [0.15, 0.2) is 5.70 Å². The van der Waals surface area contributed by atoms with E-state index in [2.05, 4.69) is 243 Å². The maximum Gasteiger partial charge on any atom is 0.198 e. The molecule has 1 aromatic heterocycles. The van der Waals surface area contributed by atoms with E-state index < -0.39 is 0 Å². The van der Waals surface area contributed by atoms with Crippen LogP contribution in [0.3, 0.4) is 0 Å². The lowest BCUT2D eigenvalue weighted by molar-refractivity contribution is 0.232. The van der Waals surface area contributed by atoms with Crippen LogP contribution in [-0.4, -0.2) is 45.1 Å². The first kappa shape index (κ1) is 132. The van der Waals surface area contributed by atoms with Crippen LogP contribution < -0.4 is 28.4 Å². The van der Waals surface area contributed by atoms with Crippen LogP contribution >= 0.6 is 0 Å². The van der Waals surface area contributed by atoms with Crippen molar-refractivity contribution in [1.82, 2.24) is 4.98 Å². The second-order valence-electron chi connectivity index (χ2n) is 42.9. The van der Waals surface area contributed by atoms with Crippen LogP contribution in [0.2, 0.25) is 0 Å². The predicted molar refractivity (Wildman–Crippen MR) is 652 cm³/mol. The van der Waals surface area contributed by atoms with E-state index in [1.54, 1.807) is 29.9 Å². The average Bonchev–Trinajstić information content (AvgIpc) is 1.56. The molecule has 0 radical (unpaired) electrons. The zero-order chi connectivity index (χ0) is 109. The van der Waals surface area contributed by atoms with E-state index in [1.807, 2.05) is 83.2 Å². The van der Waals surface area contributed by atoms with Gasteiger partial charge in [0, 0.05) is 39.1 Å². The number of aromatic nitrogens is 1. The van der Waals surface area contributed by atoms with Crippen molar-refractivity contribution in [1.29, 1.82) is 5.26 Å². The van der Waals surface area contributed by atoms with Gasteiger partial charge in [0.05, 0.1) is 58.4 Å². The maximum absolute atomic E-state index is 10.0. The van der Waals surface area contributed by atoms with Crippen molar-refractivity contribution in [3.05, 3.63) is 257 Å². The van der Waals surface area contributed by atoms with Crippen molar-refractivity contribution in [2.45, 2.75) is 498 Å². The molecule has 0 fully saturated rings. The van der Waals surface area contributed by atoms with Crippen LogP contribution in [0.25, 0.3) is 45.5 Å². The van der Waals surface area contributed by atoms with Gasteiger partial charge in [-0.15, -0.1) is 0 Å². The summed E-state index contributed by atoms with van der Waals surface area (Å²) in [6.45, 7) is 59.0. The summed E-state index contributed by atoms with van der Waals surface area (Å²) in [6.07, 6.45) is 81.0. The van der Waals surface area contributed by atoms with Gasteiger partial charge in [-0.1, -0.05) is 482 Å². The molecule has 0 spiro atoms. The molecule has 9 heteroatoms. The van der Waals surface area contributed by atoms with E-state index in [1.165, 1.54) is 313 Å². The SMILES string of the molecule is C/C=C/c1cc(OC)c(C)cc1OCC(CC)CCCC.C/C=C/c1ccc(C)cc1.CCCCCCCCCCCCC1(CCCCCCCCCCCC)c2cc(C)ccc2-c2ccc(C)cc21.CCCCCCCCCCCCc1cc(C)ccc1C.Cc1ccc(C)c(C)n1.[C-]#[N+]/C(=C\c1cc(OCCCCCC)c(C)cc1OCCCCCC)c1cc(OCCCCCC)c(/C(C#N)=C/C)cc1OCCCCCC. The van der Waals surface area contributed by atoms with Gasteiger partial charge in [-0.05, 0) is 258 Å². The molecule has 1 atom stereocenters. The molecule has 0 aliphatic heterocycles. The molecule has 9 nitrogen and oxygen atoms in total. The Balaban J connectivity index is 0.000000408. The highest BCUT2D eigenvalue weighted by molar-refractivity contribution is 5.92. The first-order chi connectivity index (χ1) is 72.5. The Bertz CT molecular complexity index is 5000. The number of allylic oxidation sites excluding steroid dienone is 4. The molecule has 0 bridgehead atoms. The number of nitriles is 1. The van der Waals surface area contributed by atoms with E-state index in [0.717, 1.165) is 140 Å². The monoisotopic (exact) mass is 2030 g/mol. The van der Waals surface area contributed by atoms with E-state index in [-0.39, 0.29) is 5.41 Å². The number of benzene rings is 7. The first-order valence-corrected chi connectivity index (χ1v) is 60.3. The number of ether oxygens (including phenoxy) is 6. The van der Waals surface area contributed by atoms with Gasteiger partial charge in [-0.3, -0.25) is 4.98 Å². The van der Waals surface area contributed by atoms with Crippen LogP contribution in [0.4, 0.5) is 0 Å². The molecule has 0 saturated carbocycles. The Hall–Kier alpha value is -9.57.